The van der Waals surface area contributed by atoms with Crippen molar-refractivity contribution in [1.82, 2.24) is 19.6 Å². The molecule has 0 fully saturated rings. The van der Waals surface area contributed by atoms with Crippen molar-refractivity contribution in [1.29, 1.82) is 0 Å². The lowest BCUT2D eigenvalue weighted by Crippen LogP contribution is -2.14. The number of nitrogens with zero attached hydrogens (tertiary/aromatic N) is 4. The predicted octanol–water partition coefficient (Wildman–Crippen LogP) is 4.67. The van der Waals surface area contributed by atoms with Crippen molar-refractivity contribution >= 4 is 28.0 Å². The summed E-state index contributed by atoms with van der Waals surface area (Å²) < 4.78 is 7.30. The van der Waals surface area contributed by atoms with Gasteiger partial charge in [-0.05, 0) is 51.8 Å². The molecule has 1 aromatic carbocycles. The number of fused-ring (bicyclic) bond motifs is 1. The Bertz CT molecular complexity index is 1270. The normalized spacial score (nSPS) is 11.1. The Kier molecular flexibility index (Phi) is 5.73. The molecule has 3 heterocycles. The molecule has 0 bridgehead atoms. The highest BCUT2D eigenvalue weighted by Gasteiger charge is 2.15. The standard InChI is InChI=1S/C23H25N5O2S/c1-13-6-8-20(30-5)18(10-13)19-12-31-23(25-19)26-22(29)9-7-17-15(3)24-21-11-14(2)27-28(21)16(17)4/h6,8,10-12H,7,9H2,1-5H3,(H,25,26,29). The van der Waals surface area contributed by atoms with Crippen LogP contribution in [0.25, 0.3) is 16.9 Å². The van der Waals surface area contributed by atoms with Crippen LogP contribution < -0.4 is 10.1 Å². The summed E-state index contributed by atoms with van der Waals surface area (Å²) in [6.07, 6.45) is 0.938. The lowest BCUT2D eigenvalue weighted by atomic mass is 10.1. The summed E-state index contributed by atoms with van der Waals surface area (Å²) in [4.78, 5) is 21.8. The minimum atomic E-state index is -0.0762. The number of anilines is 1. The van der Waals surface area contributed by atoms with Gasteiger partial charge in [0.05, 0.1) is 18.5 Å². The van der Waals surface area contributed by atoms with Crippen molar-refractivity contribution in [2.45, 2.75) is 40.5 Å². The van der Waals surface area contributed by atoms with Crippen LogP contribution in [0, 0.1) is 27.7 Å². The number of methoxy groups -OCH3 is 1. The van der Waals surface area contributed by atoms with E-state index >= 15 is 0 Å². The molecule has 31 heavy (non-hydrogen) atoms. The molecular weight excluding hydrogens is 410 g/mol. The number of rotatable bonds is 6. The summed E-state index contributed by atoms with van der Waals surface area (Å²) in [7, 11) is 1.64. The molecule has 8 heteroatoms. The largest absolute Gasteiger partial charge is 0.496 e. The van der Waals surface area contributed by atoms with Gasteiger partial charge in [-0.2, -0.15) is 5.10 Å². The molecular formula is C23H25N5O2S. The molecule has 0 unspecified atom stereocenters. The van der Waals surface area contributed by atoms with Crippen LogP contribution in [0.2, 0.25) is 0 Å². The molecule has 0 aliphatic heterocycles. The summed E-state index contributed by atoms with van der Waals surface area (Å²) in [6.45, 7) is 7.97. The van der Waals surface area contributed by atoms with Crippen molar-refractivity contribution in [3.05, 3.63) is 57.9 Å². The molecule has 0 saturated heterocycles. The summed E-state index contributed by atoms with van der Waals surface area (Å²) in [5.41, 5.74) is 7.59. The van der Waals surface area contributed by atoms with Gasteiger partial charge in [0.1, 0.15) is 5.75 Å². The maximum Gasteiger partial charge on any atom is 0.226 e. The van der Waals surface area contributed by atoms with Crippen LogP contribution in [-0.4, -0.2) is 32.6 Å². The molecule has 4 rings (SSSR count). The fraction of sp³-hybridized carbons (Fsp3) is 0.304. The number of thiazole rings is 1. The smallest absolute Gasteiger partial charge is 0.226 e. The van der Waals surface area contributed by atoms with Crippen molar-refractivity contribution in [3.63, 3.8) is 0 Å². The minimum Gasteiger partial charge on any atom is -0.496 e. The van der Waals surface area contributed by atoms with Gasteiger partial charge in [0.15, 0.2) is 10.8 Å². The number of carbonyl (C=O) groups is 1. The van der Waals surface area contributed by atoms with Gasteiger partial charge >= 0.3 is 0 Å². The Morgan fingerprint density at radius 3 is 2.74 bits per heavy atom. The molecule has 0 aliphatic carbocycles. The summed E-state index contributed by atoms with van der Waals surface area (Å²) in [6, 6.07) is 7.92. The molecule has 1 N–H and O–H groups in total. The summed E-state index contributed by atoms with van der Waals surface area (Å²) >= 11 is 1.41. The average Bonchev–Trinajstić information content (AvgIpc) is 3.33. The van der Waals surface area contributed by atoms with Gasteiger partial charge in [0, 0.05) is 34.8 Å². The molecule has 0 saturated carbocycles. The van der Waals surface area contributed by atoms with E-state index in [1.54, 1.807) is 7.11 Å². The molecule has 0 spiro atoms. The second-order valence-corrected chi connectivity index (χ2v) is 8.46. The van der Waals surface area contributed by atoms with Gasteiger partial charge in [-0.25, -0.2) is 14.5 Å². The monoisotopic (exact) mass is 435 g/mol. The van der Waals surface area contributed by atoms with E-state index in [0.717, 1.165) is 50.9 Å². The molecule has 0 aliphatic rings. The third kappa shape index (κ3) is 4.29. The van der Waals surface area contributed by atoms with E-state index in [0.29, 0.717) is 18.0 Å². The lowest BCUT2D eigenvalue weighted by molar-refractivity contribution is -0.116. The zero-order chi connectivity index (χ0) is 22.1. The molecule has 4 aromatic rings. The first-order valence-electron chi connectivity index (χ1n) is 10.1. The van der Waals surface area contributed by atoms with Gasteiger partial charge in [-0.1, -0.05) is 11.6 Å². The second kappa shape index (κ2) is 8.47. The van der Waals surface area contributed by atoms with Crippen molar-refractivity contribution < 1.29 is 9.53 Å². The van der Waals surface area contributed by atoms with E-state index in [1.807, 2.05) is 61.9 Å². The number of nitrogens with one attached hydrogen (secondary N) is 1. The van der Waals surface area contributed by atoms with Crippen LogP contribution in [0.5, 0.6) is 5.75 Å². The Morgan fingerprint density at radius 2 is 1.97 bits per heavy atom. The Balaban J connectivity index is 1.46. The fourth-order valence-corrected chi connectivity index (χ4v) is 4.43. The number of hydrogen-bond donors (Lipinski definition) is 1. The highest BCUT2D eigenvalue weighted by Crippen LogP contribution is 2.33. The number of aryl methyl sites for hydroxylation is 4. The first-order valence-corrected chi connectivity index (χ1v) is 11.0. The van der Waals surface area contributed by atoms with Crippen LogP contribution in [0.3, 0.4) is 0 Å². The number of carbonyl (C=O) groups excluding carboxylic acids is 1. The Morgan fingerprint density at radius 1 is 1.16 bits per heavy atom. The number of benzene rings is 1. The van der Waals surface area contributed by atoms with Gasteiger partial charge in [0.2, 0.25) is 5.91 Å². The van der Waals surface area contributed by atoms with Gasteiger partial charge < -0.3 is 10.1 Å². The Hall–Kier alpha value is -3.26. The zero-order valence-electron chi connectivity index (χ0n) is 18.3. The highest BCUT2D eigenvalue weighted by molar-refractivity contribution is 7.14. The van der Waals surface area contributed by atoms with Crippen LogP contribution in [0.1, 0.15) is 34.6 Å². The number of ether oxygens (including phenoxy) is 1. The molecule has 0 atom stereocenters. The van der Waals surface area contributed by atoms with E-state index in [-0.39, 0.29) is 5.91 Å². The molecule has 1 amide bonds. The van der Waals surface area contributed by atoms with Crippen LogP contribution in [0.4, 0.5) is 5.13 Å². The number of aromatic nitrogens is 4. The van der Waals surface area contributed by atoms with Crippen molar-refractivity contribution in [2.24, 2.45) is 0 Å². The first-order chi connectivity index (χ1) is 14.9. The van der Waals surface area contributed by atoms with Gasteiger partial charge in [0.25, 0.3) is 0 Å². The van der Waals surface area contributed by atoms with E-state index in [1.165, 1.54) is 11.3 Å². The maximum atomic E-state index is 12.6. The third-order valence-electron chi connectivity index (χ3n) is 5.27. The van der Waals surface area contributed by atoms with E-state index in [2.05, 4.69) is 20.4 Å². The van der Waals surface area contributed by atoms with Crippen molar-refractivity contribution in [2.75, 3.05) is 12.4 Å². The fourth-order valence-electron chi connectivity index (χ4n) is 3.70. The molecule has 7 nitrogen and oxygen atoms in total. The summed E-state index contributed by atoms with van der Waals surface area (Å²) in [5, 5.41) is 9.92. The van der Waals surface area contributed by atoms with E-state index in [9.17, 15) is 4.79 Å². The van der Waals surface area contributed by atoms with Gasteiger partial charge in [-0.15, -0.1) is 11.3 Å². The van der Waals surface area contributed by atoms with E-state index < -0.39 is 0 Å². The van der Waals surface area contributed by atoms with E-state index in [4.69, 9.17) is 4.74 Å². The van der Waals surface area contributed by atoms with Crippen LogP contribution in [-0.2, 0) is 11.2 Å². The Labute approximate surface area is 185 Å². The average molecular weight is 436 g/mol. The topological polar surface area (TPSA) is 81.4 Å². The molecule has 3 aromatic heterocycles. The van der Waals surface area contributed by atoms with Crippen LogP contribution >= 0.6 is 11.3 Å². The molecule has 160 valence electrons. The third-order valence-corrected chi connectivity index (χ3v) is 6.03. The number of hydrogen-bond acceptors (Lipinski definition) is 6. The van der Waals surface area contributed by atoms with Gasteiger partial charge in [-0.3, -0.25) is 4.79 Å². The second-order valence-electron chi connectivity index (χ2n) is 7.61. The predicted molar refractivity (Wildman–Crippen MR) is 123 cm³/mol. The summed E-state index contributed by atoms with van der Waals surface area (Å²) in [5.74, 6) is 0.684. The van der Waals surface area contributed by atoms with Crippen molar-refractivity contribution in [3.8, 4) is 17.0 Å². The quantitative estimate of drug-likeness (QED) is 0.476. The highest BCUT2D eigenvalue weighted by atomic mass is 32.1. The van der Waals surface area contributed by atoms with Crippen LogP contribution in [0.15, 0.2) is 29.6 Å². The first kappa shape index (κ1) is 21.0. The zero-order valence-corrected chi connectivity index (χ0v) is 19.1. The number of amides is 1. The molecule has 0 radical (unpaired) electrons. The maximum absolute atomic E-state index is 12.6. The lowest BCUT2D eigenvalue weighted by Gasteiger charge is -2.10. The SMILES string of the molecule is COc1ccc(C)cc1-c1csc(NC(=O)CCc2c(C)nc3cc(C)nn3c2C)n1. The minimum absolute atomic E-state index is 0.0762.